The lowest BCUT2D eigenvalue weighted by Gasteiger charge is -2.12. The first-order valence-electron chi connectivity index (χ1n) is 12.2. The zero-order valence-electron chi connectivity index (χ0n) is 21.7. The van der Waals surface area contributed by atoms with Crippen LogP contribution in [0.3, 0.4) is 0 Å². The molecule has 4 aromatic rings. The Morgan fingerprint density at radius 3 is 2.45 bits per heavy atom. The second-order valence-corrected chi connectivity index (χ2v) is 9.36. The zero-order valence-corrected chi connectivity index (χ0v) is 22.5. The number of thioether (sulfide) groups is 1. The van der Waals surface area contributed by atoms with Crippen molar-refractivity contribution in [1.82, 2.24) is 20.2 Å². The number of nitrogens with zero attached hydrogens (tertiary/aromatic N) is 4. The van der Waals surface area contributed by atoms with Gasteiger partial charge in [0.15, 0.2) is 11.0 Å². The summed E-state index contributed by atoms with van der Waals surface area (Å²) in [5, 5.41) is 12.6. The first kappa shape index (κ1) is 28.7. The molecule has 1 heterocycles. The van der Waals surface area contributed by atoms with Gasteiger partial charge >= 0.3 is 6.18 Å². The van der Waals surface area contributed by atoms with Gasteiger partial charge in [0.25, 0.3) is 5.91 Å². The van der Waals surface area contributed by atoms with Crippen LogP contribution in [0.2, 0.25) is 0 Å². The fourth-order valence-electron chi connectivity index (χ4n) is 3.56. The standard InChI is InChI=1S/C28H26F3N5O3S/c1-3-15-39-24-11-7-19(8-12-24)17-32-33-25(37)18-40-27-35-34-26(20-5-4-6-21(16-20)28(29,30)31)36(27)22-9-13-23(38-2)14-10-22/h4-14,16-17H,3,15,18H2,1-2H3,(H,33,37)/b32-17-. The highest BCUT2D eigenvalue weighted by molar-refractivity contribution is 7.99. The van der Waals surface area contributed by atoms with E-state index < -0.39 is 17.6 Å². The van der Waals surface area contributed by atoms with Crippen LogP contribution >= 0.6 is 11.8 Å². The molecule has 0 aliphatic carbocycles. The van der Waals surface area contributed by atoms with Crippen LogP contribution in [0.15, 0.2) is 83.1 Å². The van der Waals surface area contributed by atoms with Gasteiger partial charge in [0.1, 0.15) is 11.5 Å². The van der Waals surface area contributed by atoms with Crippen molar-refractivity contribution in [3.8, 4) is 28.6 Å². The summed E-state index contributed by atoms with van der Waals surface area (Å²) in [5.41, 5.74) is 3.26. The average molecular weight is 570 g/mol. The van der Waals surface area contributed by atoms with Crippen molar-refractivity contribution in [1.29, 1.82) is 0 Å². The number of ether oxygens (including phenoxy) is 2. The predicted molar refractivity (Wildman–Crippen MR) is 147 cm³/mol. The maximum absolute atomic E-state index is 13.4. The molecule has 0 unspecified atom stereocenters. The lowest BCUT2D eigenvalue weighted by Crippen LogP contribution is -2.20. The number of carbonyl (C=O) groups is 1. The van der Waals surface area contributed by atoms with Gasteiger partial charge in [0, 0.05) is 11.3 Å². The Morgan fingerprint density at radius 1 is 1.05 bits per heavy atom. The van der Waals surface area contributed by atoms with Crippen molar-refractivity contribution < 1.29 is 27.4 Å². The van der Waals surface area contributed by atoms with Crippen molar-refractivity contribution in [2.75, 3.05) is 19.5 Å². The number of alkyl halides is 3. The summed E-state index contributed by atoms with van der Waals surface area (Å²) >= 11 is 1.07. The van der Waals surface area contributed by atoms with Crippen LogP contribution in [-0.2, 0) is 11.0 Å². The number of nitrogens with one attached hydrogen (secondary N) is 1. The number of methoxy groups -OCH3 is 1. The largest absolute Gasteiger partial charge is 0.497 e. The highest BCUT2D eigenvalue weighted by Crippen LogP contribution is 2.34. The highest BCUT2D eigenvalue weighted by Gasteiger charge is 2.31. The third-order valence-corrected chi connectivity index (χ3v) is 6.43. The third kappa shape index (κ3) is 7.41. The van der Waals surface area contributed by atoms with Crippen molar-refractivity contribution >= 4 is 23.9 Å². The second kappa shape index (κ2) is 13.2. The fraction of sp³-hybridized carbons (Fsp3) is 0.214. The van der Waals surface area contributed by atoms with Crippen LogP contribution in [0.1, 0.15) is 24.5 Å². The molecule has 3 aromatic carbocycles. The van der Waals surface area contributed by atoms with Crippen LogP contribution in [0.25, 0.3) is 17.1 Å². The van der Waals surface area contributed by atoms with E-state index in [1.54, 1.807) is 28.8 Å². The van der Waals surface area contributed by atoms with E-state index in [0.29, 0.717) is 23.2 Å². The molecule has 1 N–H and O–H groups in total. The van der Waals surface area contributed by atoms with Crippen molar-refractivity contribution in [2.45, 2.75) is 24.7 Å². The van der Waals surface area contributed by atoms with Gasteiger partial charge in [-0.05, 0) is 72.6 Å². The molecule has 0 fully saturated rings. The Labute approximate surface area is 233 Å². The quantitative estimate of drug-likeness (QED) is 0.136. The van der Waals surface area contributed by atoms with Crippen LogP contribution < -0.4 is 14.9 Å². The predicted octanol–water partition coefficient (Wildman–Crippen LogP) is 5.99. The highest BCUT2D eigenvalue weighted by atomic mass is 32.2. The maximum Gasteiger partial charge on any atom is 0.416 e. The number of amides is 1. The Bertz CT molecular complexity index is 1460. The van der Waals surface area contributed by atoms with Gasteiger partial charge in [-0.1, -0.05) is 30.8 Å². The number of benzene rings is 3. The molecule has 40 heavy (non-hydrogen) atoms. The van der Waals surface area contributed by atoms with E-state index in [2.05, 4.69) is 20.7 Å². The minimum atomic E-state index is -4.51. The molecule has 0 bridgehead atoms. The van der Waals surface area contributed by atoms with Gasteiger partial charge in [0.2, 0.25) is 0 Å². The van der Waals surface area contributed by atoms with E-state index in [-0.39, 0.29) is 17.1 Å². The Balaban J connectivity index is 1.50. The number of hydrogen-bond acceptors (Lipinski definition) is 7. The van der Waals surface area contributed by atoms with E-state index >= 15 is 0 Å². The monoisotopic (exact) mass is 569 g/mol. The minimum absolute atomic E-state index is 0.0575. The number of hydrazone groups is 1. The lowest BCUT2D eigenvalue weighted by atomic mass is 10.1. The van der Waals surface area contributed by atoms with Crippen molar-refractivity contribution in [3.63, 3.8) is 0 Å². The number of carbonyl (C=O) groups excluding carboxylic acids is 1. The first-order valence-corrected chi connectivity index (χ1v) is 13.2. The van der Waals surface area contributed by atoms with E-state index in [1.165, 1.54) is 25.5 Å². The fourth-order valence-corrected chi connectivity index (χ4v) is 4.30. The molecule has 12 heteroatoms. The first-order chi connectivity index (χ1) is 19.3. The molecule has 0 saturated carbocycles. The van der Waals surface area contributed by atoms with Gasteiger partial charge < -0.3 is 9.47 Å². The van der Waals surface area contributed by atoms with E-state index in [9.17, 15) is 18.0 Å². The molecule has 4 rings (SSSR count). The molecule has 8 nitrogen and oxygen atoms in total. The molecular formula is C28H26F3N5O3S. The summed E-state index contributed by atoms with van der Waals surface area (Å²) in [4.78, 5) is 12.5. The van der Waals surface area contributed by atoms with E-state index in [1.807, 2.05) is 31.2 Å². The molecule has 1 amide bonds. The minimum Gasteiger partial charge on any atom is -0.497 e. The molecule has 0 spiro atoms. The third-order valence-electron chi connectivity index (χ3n) is 5.50. The van der Waals surface area contributed by atoms with Crippen molar-refractivity contribution in [3.05, 3.63) is 83.9 Å². The molecule has 0 atom stereocenters. The second-order valence-electron chi connectivity index (χ2n) is 8.42. The SMILES string of the molecule is CCCOc1ccc(/C=N\NC(=O)CSc2nnc(-c3cccc(C(F)(F)F)c3)n2-c2ccc(OC)cc2)cc1. The molecule has 1 aromatic heterocycles. The zero-order chi connectivity index (χ0) is 28.5. The molecule has 208 valence electrons. The van der Waals surface area contributed by atoms with Crippen LogP contribution in [0.4, 0.5) is 13.2 Å². The summed E-state index contributed by atoms with van der Waals surface area (Å²) < 4.78 is 52.4. The summed E-state index contributed by atoms with van der Waals surface area (Å²) in [7, 11) is 1.53. The summed E-state index contributed by atoms with van der Waals surface area (Å²) in [6.45, 7) is 2.66. The van der Waals surface area contributed by atoms with E-state index in [4.69, 9.17) is 9.47 Å². The van der Waals surface area contributed by atoms with Gasteiger partial charge in [-0.15, -0.1) is 10.2 Å². The molecule has 0 aliphatic heterocycles. The van der Waals surface area contributed by atoms with Crippen LogP contribution in [0.5, 0.6) is 11.5 Å². The smallest absolute Gasteiger partial charge is 0.416 e. The number of aromatic nitrogens is 3. The normalized spacial score (nSPS) is 11.5. The van der Waals surface area contributed by atoms with Gasteiger partial charge in [-0.25, -0.2) is 5.43 Å². The Kier molecular flexibility index (Phi) is 9.43. The molecule has 0 radical (unpaired) electrons. The summed E-state index contributed by atoms with van der Waals surface area (Å²) in [5.74, 6) is 1.10. The lowest BCUT2D eigenvalue weighted by molar-refractivity contribution is -0.137. The Hall–Kier alpha value is -4.32. The molecule has 0 aliphatic rings. The van der Waals surface area contributed by atoms with Gasteiger partial charge in [0.05, 0.1) is 31.2 Å². The van der Waals surface area contributed by atoms with Crippen LogP contribution in [-0.4, -0.2) is 46.4 Å². The number of rotatable bonds is 11. The topological polar surface area (TPSA) is 90.6 Å². The van der Waals surface area contributed by atoms with Crippen molar-refractivity contribution in [2.24, 2.45) is 5.10 Å². The summed E-state index contributed by atoms with van der Waals surface area (Å²) in [6, 6.07) is 19.0. The average Bonchev–Trinajstić information content (AvgIpc) is 3.39. The molecular weight excluding hydrogens is 543 g/mol. The number of halogens is 3. The molecule has 0 saturated heterocycles. The van der Waals surface area contributed by atoms with Gasteiger partial charge in [-0.3, -0.25) is 9.36 Å². The number of hydrogen-bond donors (Lipinski definition) is 1. The maximum atomic E-state index is 13.4. The van der Waals surface area contributed by atoms with Crippen LogP contribution in [0, 0.1) is 0 Å². The van der Waals surface area contributed by atoms with Gasteiger partial charge in [-0.2, -0.15) is 18.3 Å². The van der Waals surface area contributed by atoms with E-state index in [0.717, 1.165) is 41.6 Å². The Morgan fingerprint density at radius 2 is 1.77 bits per heavy atom. The summed E-state index contributed by atoms with van der Waals surface area (Å²) in [6.07, 6.45) is -2.09.